The average Bonchev–Trinajstić information content (AvgIpc) is 3.19. The molecule has 10 nitrogen and oxygen atoms in total. The van der Waals surface area contributed by atoms with E-state index in [9.17, 15) is 14.4 Å². The lowest BCUT2D eigenvalue weighted by Gasteiger charge is -2.19. The molecule has 1 amide bonds. The van der Waals surface area contributed by atoms with Crippen molar-refractivity contribution in [2.24, 2.45) is 7.05 Å². The first kappa shape index (κ1) is 22.0. The van der Waals surface area contributed by atoms with E-state index in [2.05, 4.69) is 15.5 Å². The minimum atomic E-state index is -0.644. The van der Waals surface area contributed by atoms with E-state index in [0.29, 0.717) is 28.2 Å². The maximum atomic E-state index is 12.6. The molecule has 2 aromatic carbocycles. The number of nitrogens with one attached hydrogen (secondary N) is 1. The van der Waals surface area contributed by atoms with Crippen LogP contribution in [-0.2, 0) is 23.1 Å². The Labute approximate surface area is 188 Å². The molecular formula is C23H23N5O5. The summed E-state index contributed by atoms with van der Waals surface area (Å²) >= 11 is 0. The quantitative estimate of drug-likeness (QED) is 0.475. The van der Waals surface area contributed by atoms with Gasteiger partial charge in [-0.25, -0.2) is 9.59 Å². The second kappa shape index (κ2) is 8.38. The number of ether oxygens (including phenoxy) is 2. The van der Waals surface area contributed by atoms with E-state index in [1.807, 2.05) is 0 Å². The van der Waals surface area contributed by atoms with E-state index < -0.39 is 17.7 Å². The van der Waals surface area contributed by atoms with Crippen LogP contribution in [0.4, 0.5) is 10.5 Å². The molecular weight excluding hydrogens is 426 g/mol. The van der Waals surface area contributed by atoms with E-state index in [1.54, 1.807) is 74.7 Å². The van der Waals surface area contributed by atoms with Crippen molar-refractivity contribution in [2.75, 3.05) is 5.32 Å². The number of amides is 1. The molecule has 0 spiro atoms. The highest BCUT2D eigenvalue weighted by Gasteiger charge is 2.18. The smallest absolute Gasteiger partial charge is 0.412 e. The number of carbonyl (C=O) groups is 2. The molecule has 0 radical (unpaired) electrons. The molecule has 2 heterocycles. The highest BCUT2D eigenvalue weighted by atomic mass is 16.6. The fraction of sp³-hybridized carbons (Fsp3) is 0.261. The van der Waals surface area contributed by atoms with Crippen LogP contribution in [0.15, 0.2) is 53.3 Å². The van der Waals surface area contributed by atoms with Crippen LogP contribution < -0.4 is 10.9 Å². The van der Waals surface area contributed by atoms with E-state index >= 15 is 0 Å². The van der Waals surface area contributed by atoms with Crippen molar-refractivity contribution in [1.82, 2.24) is 19.2 Å². The van der Waals surface area contributed by atoms with Crippen LogP contribution in [0, 0.1) is 0 Å². The van der Waals surface area contributed by atoms with Gasteiger partial charge in [-0.15, -0.1) is 10.2 Å². The molecule has 0 bridgehead atoms. The summed E-state index contributed by atoms with van der Waals surface area (Å²) in [7, 11) is 1.61. The minimum absolute atomic E-state index is 0.161. The summed E-state index contributed by atoms with van der Waals surface area (Å²) < 4.78 is 13.8. The van der Waals surface area contributed by atoms with Gasteiger partial charge in [0.1, 0.15) is 5.60 Å². The van der Waals surface area contributed by atoms with Crippen LogP contribution in [0.5, 0.6) is 0 Å². The first-order chi connectivity index (χ1) is 15.6. The maximum Gasteiger partial charge on any atom is 0.412 e. The molecule has 0 saturated heterocycles. The zero-order valence-electron chi connectivity index (χ0n) is 18.7. The Balaban J connectivity index is 1.54. The molecule has 0 saturated carbocycles. The predicted octanol–water partition coefficient (Wildman–Crippen LogP) is 3.29. The summed E-state index contributed by atoms with van der Waals surface area (Å²) in [5, 5.41) is 11.3. The summed E-state index contributed by atoms with van der Waals surface area (Å²) in [5.41, 5.74) is 0.427. The molecule has 0 unspecified atom stereocenters. The van der Waals surface area contributed by atoms with Crippen molar-refractivity contribution in [2.45, 2.75) is 33.0 Å². The zero-order chi connectivity index (χ0) is 23.8. The zero-order valence-corrected chi connectivity index (χ0v) is 18.7. The first-order valence-corrected chi connectivity index (χ1v) is 10.2. The van der Waals surface area contributed by atoms with Crippen LogP contribution >= 0.6 is 0 Å². The summed E-state index contributed by atoms with van der Waals surface area (Å²) in [6, 6.07) is 13.4. The van der Waals surface area contributed by atoms with Crippen molar-refractivity contribution < 1.29 is 19.1 Å². The second-order valence-corrected chi connectivity index (χ2v) is 8.42. The number of aryl methyl sites for hydroxylation is 1. The van der Waals surface area contributed by atoms with Gasteiger partial charge in [-0.2, -0.15) is 0 Å². The van der Waals surface area contributed by atoms with Crippen LogP contribution in [0.3, 0.4) is 0 Å². The number of fused-ring (bicyclic) bond motifs is 3. The Kier molecular flexibility index (Phi) is 5.59. The average molecular weight is 449 g/mol. The number of para-hydroxylation sites is 1. The normalized spacial score (nSPS) is 11.5. The lowest BCUT2D eigenvalue weighted by molar-refractivity contribution is 0.0460. The molecule has 10 heteroatoms. The number of hydrogen-bond acceptors (Lipinski definition) is 7. The van der Waals surface area contributed by atoms with Crippen molar-refractivity contribution in [3.63, 3.8) is 0 Å². The van der Waals surface area contributed by atoms with Crippen LogP contribution in [0.25, 0.3) is 16.7 Å². The summed E-state index contributed by atoms with van der Waals surface area (Å²) in [6.07, 6.45) is -0.625. The van der Waals surface area contributed by atoms with Gasteiger partial charge >= 0.3 is 12.1 Å². The molecule has 4 aromatic rings. The summed E-state index contributed by atoms with van der Waals surface area (Å²) in [5.74, 6) is 0.107. The van der Waals surface area contributed by atoms with Gasteiger partial charge < -0.3 is 9.47 Å². The van der Waals surface area contributed by atoms with E-state index in [0.717, 1.165) is 0 Å². The lowest BCUT2D eigenvalue weighted by atomic mass is 10.2. The molecule has 0 aliphatic rings. The fourth-order valence-electron chi connectivity index (χ4n) is 3.34. The number of aromatic nitrogens is 4. The Morgan fingerprint density at radius 2 is 1.82 bits per heavy atom. The van der Waals surface area contributed by atoms with Gasteiger partial charge in [0.15, 0.2) is 12.4 Å². The molecule has 0 fully saturated rings. The van der Waals surface area contributed by atoms with Crippen LogP contribution in [0.2, 0.25) is 0 Å². The predicted molar refractivity (Wildman–Crippen MR) is 121 cm³/mol. The topological polar surface area (TPSA) is 117 Å². The van der Waals surface area contributed by atoms with E-state index in [-0.39, 0.29) is 17.7 Å². The number of anilines is 1. The number of nitrogens with zero attached hydrogens (tertiary/aromatic N) is 4. The number of rotatable bonds is 4. The standard InChI is InChI=1S/C23H23N5O5/c1-23(2,3)33-22(31)24-15-9-7-8-14(12-15)20(30)32-13-18-25-26-21-27(4)19(29)16-10-5-6-11-17(16)28(18)21/h5-12H,13H2,1-4H3,(H,24,31). The molecule has 4 rings (SSSR count). The third-order valence-electron chi connectivity index (χ3n) is 4.77. The number of hydrogen-bond donors (Lipinski definition) is 1. The Morgan fingerprint density at radius 3 is 2.58 bits per heavy atom. The van der Waals surface area contributed by atoms with Gasteiger partial charge in [0.05, 0.1) is 16.5 Å². The van der Waals surface area contributed by atoms with E-state index in [1.165, 1.54) is 10.6 Å². The molecule has 33 heavy (non-hydrogen) atoms. The third kappa shape index (κ3) is 4.54. The van der Waals surface area contributed by atoms with Gasteiger partial charge in [0.2, 0.25) is 5.78 Å². The summed E-state index contributed by atoms with van der Waals surface area (Å²) in [4.78, 5) is 37.2. The second-order valence-electron chi connectivity index (χ2n) is 8.42. The molecule has 0 atom stereocenters. The number of benzene rings is 2. The van der Waals surface area contributed by atoms with Crippen molar-refractivity contribution in [3.8, 4) is 0 Å². The Hall–Kier alpha value is -4.21. The third-order valence-corrected chi connectivity index (χ3v) is 4.77. The largest absolute Gasteiger partial charge is 0.454 e. The van der Waals surface area contributed by atoms with Gasteiger partial charge in [-0.05, 0) is 51.1 Å². The Bertz CT molecular complexity index is 1430. The highest BCUT2D eigenvalue weighted by molar-refractivity contribution is 5.92. The molecule has 170 valence electrons. The van der Waals surface area contributed by atoms with Gasteiger partial charge in [0.25, 0.3) is 5.56 Å². The molecule has 2 aromatic heterocycles. The van der Waals surface area contributed by atoms with Gasteiger partial charge in [0, 0.05) is 12.7 Å². The van der Waals surface area contributed by atoms with Crippen LogP contribution in [0.1, 0.15) is 37.0 Å². The van der Waals surface area contributed by atoms with Crippen LogP contribution in [-0.4, -0.2) is 36.8 Å². The highest BCUT2D eigenvalue weighted by Crippen LogP contribution is 2.17. The summed E-state index contributed by atoms with van der Waals surface area (Å²) in [6.45, 7) is 5.12. The minimum Gasteiger partial charge on any atom is -0.454 e. The molecule has 0 aliphatic carbocycles. The Morgan fingerprint density at radius 1 is 1.06 bits per heavy atom. The monoisotopic (exact) mass is 449 g/mol. The number of esters is 1. The van der Waals surface area contributed by atoms with Gasteiger partial charge in [-0.3, -0.25) is 19.1 Å². The SMILES string of the molecule is Cn1c(=O)c2ccccc2n2c(COC(=O)c3cccc(NC(=O)OC(C)(C)C)c3)nnc12. The maximum absolute atomic E-state index is 12.6. The van der Waals surface area contributed by atoms with Crippen molar-refractivity contribution in [1.29, 1.82) is 0 Å². The fourth-order valence-corrected chi connectivity index (χ4v) is 3.34. The lowest BCUT2D eigenvalue weighted by Crippen LogP contribution is -2.27. The number of carbonyl (C=O) groups excluding carboxylic acids is 2. The molecule has 0 aliphatic heterocycles. The molecule has 1 N–H and O–H groups in total. The van der Waals surface area contributed by atoms with E-state index in [4.69, 9.17) is 9.47 Å². The van der Waals surface area contributed by atoms with Crippen molar-refractivity contribution >= 4 is 34.4 Å². The van der Waals surface area contributed by atoms with Gasteiger partial charge in [-0.1, -0.05) is 18.2 Å². The first-order valence-electron chi connectivity index (χ1n) is 10.2. The van der Waals surface area contributed by atoms with Crippen molar-refractivity contribution in [3.05, 3.63) is 70.3 Å².